The molecule has 0 spiro atoms. The molecule has 2 unspecified atom stereocenters. The number of anilines is 3. The molecule has 0 aliphatic carbocycles. The van der Waals surface area contributed by atoms with Crippen LogP contribution in [0.3, 0.4) is 0 Å². The summed E-state index contributed by atoms with van der Waals surface area (Å²) in [5, 5.41) is 5.82. The first-order valence-electron chi connectivity index (χ1n) is 10.3. The monoisotopic (exact) mass is 463 g/mol. The highest BCUT2D eigenvalue weighted by molar-refractivity contribution is 6.44. The van der Waals surface area contributed by atoms with Gasteiger partial charge in [-0.1, -0.05) is 36.2 Å². The Bertz CT molecular complexity index is 1090. The first-order valence-corrected chi connectivity index (χ1v) is 11.1. The topological polar surface area (TPSA) is 107 Å². The van der Waals surface area contributed by atoms with E-state index in [9.17, 15) is 14.4 Å². The fourth-order valence-corrected chi connectivity index (χ4v) is 4.59. The van der Waals surface area contributed by atoms with Crippen molar-refractivity contribution >= 4 is 52.5 Å². The Morgan fingerprint density at radius 2 is 2.10 bits per heavy atom. The minimum absolute atomic E-state index is 0.132. The van der Waals surface area contributed by atoms with Crippen molar-refractivity contribution in [3.63, 3.8) is 0 Å². The summed E-state index contributed by atoms with van der Waals surface area (Å²) in [5.74, 6) is -1.33. The first-order chi connectivity index (χ1) is 14.9. The number of H-pyrrole nitrogens is 1. The molecule has 0 radical (unpaired) electrons. The Hall–Kier alpha value is -2.58. The molecular formula is C21H23Cl2N5O3. The summed E-state index contributed by atoms with van der Waals surface area (Å²) in [5.41, 5.74) is 0.0219. The SMILES string of the molecule is CCC1CCCCN1c1nc2c(c(=O)[nH]1)C(C(=O)Nc1cccc(Cl)c1Cl)CC(=O)N2. The number of fused-ring (bicyclic) bond motifs is 1. The molecule has 2 amide bonds. The number of aromatic nitrogens is 2. The molecule has 1 aromatic heterocycles. The van der Waals surface area contributed by atoms with Gasteiger partial charge in [-0.05, 0) is 37.8 Å². The number of benzene rings is 1. The van der Waals surface area contributed by atoms with Crippen LogP contribution in [0.1, 0.15) is 50.5 Å². The van der Waals surface area contributed by atoms with Gasteiger partial charge in [0.05, 0.1) is 27.2 Å². The molecule has 1 fully saturated rings. The van der Waals surface area contributed by atoms with Gasteiger partial charge >= 0.3 is 0 Å². The number of hydrogen-bond acceptors (Lipinski definition) is 5. The van der Waals surface area contributed by atoms with Gasteiger partial charge in [-0.15, -0.1) is 0 Å². The van der Waals surface area contributed by atoms with Crippen LogP contribution in [0, 0.1) is 0 Å². The van der Waals surface area contributed by atoms with Gasteiger partial charge in [0.15, 0.2) is 0 Å². The lowest BCUT2D eigenvalue weighted by molar-refractivity contribution is -0.123. The summed E-state index contributed by atoms with van der Waals surface area (Å²) < 4.78 is 0. The van der Waals surface area contributed by atoms with Crippen LogP contribution in [0.25, 0.3) is 0 Å². The Balaban J connectivity index is 1.67. The lowest BCUT2D eigenvalue weighted by atomic mass is 9.92. The molecule has 2 aliphatic heterocycles. The third-order valence-corrected chi connectivity index (χ3v) is 6.65. The van der Waals surface area contributed by atoms with E-state index in [2.05, 4.69) is 32.4 Å². The Morgan fingerprint density at radius 3 is 2.87 bits per heavy atom. The highest BCUT2D eigenvalue weighted by atomic mass is 35.5. The predicted octanol–water partition coefficient (Wildman–Crippen LogP) is 3.91. The summed E-state index contributed by atoms with van der Waals surface area (Å²) in [4.78, 5) is 47.8. The van der Waals surface area contributed by atoms with E-state index in [1.54, 1.807) is 18.2 Å². The molecule has 0 saturated carbocycles. The minimum Gasteiger partial charge on any atom is -0.339 e. The van der Waals surface area contributed by atoms with Crippen LogP contribution < -0.4 is 21.1 Å². The number of amides is 2. The zero-order chi connectivity index (χ0) is 22.1. The van der Waals surface area contributed by atoms with E-state index in [1.807, 2.05) is 0 Å². The van der Waals surface area contributed by atoms with Crippen molar-refractivity contribution in [1.82, 2.24) is 9.97 Å². The van der Waals surface area contributed by atoms with E-state index >= 15 is 0 Å². The maximum absolute atomic E-state index is 13.0. The normalized spacial score (nSPS) is 20.7. The lowest BCUT2D eigenvalue weighted by Crippen LogP contribution is -2.43. The summed E-state index contributed by atoms with van der Waals surface area (Å²) in [6.07, 6.45) is 3.93. The van der Waals surface area contributed by atoms with Crippen LogP contribution in [0.2, 0.25) is 10.0 Å². The molecule has 4 rings (SSSR count). The summed E-state index contributed by atoms with van der Waals surface area (Å²) in [6.45, 7) is 2.88. The molecule has 3 heterocycles. The number of carbonyl (C=O) groups excluding carboxylic acids is 2. The second-order valence-electron chi connectivity index (χ2n) is 7.80. The van der Waals surface area contributed by atoms with Crippen molar-refractivity contribution in [2.75, 3.05) is 22.1 Å². The van der Waals surface area contributed by atoms with Crippen LogP contribution in [0.4, 0.5) is 17.5 Å². The molecule has 0 bridgehead atoms. The van der Waals surface area contributed by atoms with E-state index < -0.39 is 17.4 Å². The quantitative estimate of drug-likeness (QED) is 0.636. The van der Waals surface area contributed by atoms with E-state index in [4.69, 9.17) is 23.2 Å². The van der Waals surface area contributed by atoms with Gasteiger partial charge in [0, 0.05) is 19.0 Å². The van der Waals surface area contributed by atoms with Gasteiger partial charge in [-0.25, -0.2) is 0 Å². The summed E-state index contributed by atoms with van der Waals surface area (Å²) >= 11 is 12.2. The molecular weight excluding hydrogens is 441 g/mol. The highest BCUT2D eigenvalue weighted by Crippen LogP contribution is 2.34. The smallest absolute Gasteiger partial charge is 0.258 e. The number of nitrogens with zero attached hydrogens (tertiary/aromatic N) is 2. The molecule has 31 heavy (non-hydrogen) atoms. The molecule has 1 saturated heterocycles. The van der Waals surface area contributed by atoms with Gasteiger partial charge in [0.2, 0.25) is 17.8 Å². The summed E-state index contributed by atoms with van der Waals surface area (Å²) in [6, 6.07) is 5.12. The number of carbonyl (C=O) groups is 2. The van der Waals surface area contributed by atoms with E-state index in [0.29, 0.717) is 11.6 Å². The second kappa shape index (κ2) is 8.88. The summed E-state index contributed by atoms with van der Waals surface area (Å²) in [7, 11) is 0. The van der Waals surface area contributed by atoms with Crippen molar-refractivity contribution in [3.05, 3.63) is 44.2 Å². The third kappa shape index (κ3) is 4.27. The maximum Gasteiger partial charge on any atom is 0.258 e. The van der Waals surface area contributed by atoms with Crippen molar-refractivity contribution in [2.45, 2.75) is 51.0 Å². The fraction of sp³-hybridized carbons (Fsp3) is 0.429. The minimum atomic E-state index is -0.993. The second-order valence-corrected chi connectivity index (χ2v) is 8.58. The molecule has 164 valence electrons. The van der Waals surface area contributed by atoms with Crippen molar-refractivity contribution in [1.29, 1.82) is 0 Å². The number of halogens is 2. The third-order valence-electron chi connectivity index (χ3n) is 5.83. The van der Waals surface area contributed by atoms with Crippen molar-refractivity contribution < 1.29 is 9.59 Å². The van der Waals surface area contributed by atoms with Crippen molar-refractivity contribution in [2.24, 2.45) is 0 Å². The number of rotatable bonds is 4. The number of piperidine rings is 1. The van der Waals surface area contributed by atoms with E-state index in [-0.39, 0.29) is 39.8 Å². The fourth-order valence-electron chi connectivity index (χ4n) is 4.24. The van der Waals surface area contributed by atoms with Gasteiger partial charge in [-0.2, -0.15) is 4.98 Å². The molecule has 2 atom stereocenters. The Labute approximate surface area is 189 Å². The molecule has 2 aromatic rings. The number of aromatic amines is 1. The van der Waals surface area contributed by atoms with E-state index in [0.717, 1.165) is 32.2 Å². The zero-order valence-corrected chi connectivity index (χ0v) is 18.5. The lowest BCUT2D eigenvalue weighted by Gasteiger charge is -2.36. The van der Waals surface area contributed by atoms with Gasteiger partial charge in [-0.3, -0.25) is 19.4 Å². The molecule has 3 N–H and O–H groups in total. The Morgan fingerprint density at radius 1 is 1.29 bits per heavy atom. The Kier molecular flexibility index (Phi) is 6.20. The standard InChI is InChI=1S/C21H23Cl2N5O3/c1-2-11-6-3-4-9-28(11)21-26-18-16(20(31)27-21)12(10-15(29)25-18)19(30)24-14-8-5-7-13(22)17(14)23/h5,7-8,11-12H,2-4,6,9-10H2,1H3,(H,24,30)(H2,25,26,27,29,31). The van der Waals surface area contributed by atoms with Crippen LogP contribution >= 0.6 is 23.2 Å². The molecule has 10 heteroatoms. The maximum atomic E-state index is 13.0. The van der Waals surface area contributed by atoms with Crippen molar-refractivity contribution in [3.8, 4) is 0 Å². The molecule has 2 aliphatic rings. The average molecular weight is 464 g/mol. The first kappa shape index (κ1) is 21.6. The van der Waals surface area contributed by atoms with Crippen LogP contribution in [0.15, 0.2) is 23.0 Å². The van der Waals surface area contributed by atoms with Crippen LogP contribution in [-0.4, -0.2) is 34.4 Å². The highest BCUT2D eigenvalue weighted by Gasteiger charge is 2.36. The van der Waals surface area contributed by atoms with Gasteiger partial charge in [0.25, 0.3) is 5.56 Å². The number of nitrogens with one attached hydrogen (secondary N) is 3. The van der Waals surface area contributed by atoms with Crippen LogP contribution in [0.5, 0.6) is 0 Å². The largest absolute Gasteiger partial charge is 0.339 e. The average Bonchev–Trinajstić information content (AvgIpc) is 2.75. The van der Waals surface area contributed by atoms with Gasteiger partial charge in [0.1, 0.15) is 5.82 Å². The molecule has 8 nitrogen and oxygen atoms in total. The van der Waals surface area contributed by atoms with E-state index in [1.165, 1.54) is 0 Å². The predicted molar refractivity (Wildman–Crippen MR) is 121 cm³/mol. The van der Waals surface area contributed by atoms with Gasteiger partial charge < -0.3 is 15.5 Å². The zero-order valence-electron chi connectivity index (χ0n) is 17.0. The number of hydrogen-bond donors (Lipinski definition) is 3. The van der Waals surface area contributed by atoms with Crippen LogP contribution in [-0.2, 0) is 9.59 Å². The molecule has 1 aromatic carbocycles.